The fourth-order valence-corrected chi connectivity index (χ4v) is 5.18. The molecule has 34 heavy (non-hydrogen) atoms. The van der Waals surface area contributed by atoms with Crippen LogP contribution in [0.25, 0.3) is 0 Å². The van der Waals surface area contributed by atoms with E-state index in [0.717, 1.165) is 44.0 Å². The second kappa shape index (κ2) is 10.3. The molecular formula is C29H33N2O3+. The van der Waals surface area contributed by atoms with E-state index in [9.17, 15) is 0 Å². The van der Waals surface area contributed by atoms with Gasteiger partial charge in [-0.15, -0.1) is 4.68 Å². The zero-order chi connectivity index (χ0) is 23.3. The molecule has 0 spiro atoms. The Hall–Kier alpha value is -3.31. The largest absolute Gasteiger partial charge is 0.493 e. The Labute approximate surface area is 202 Å². The molecule has 0 unspecified atom stereocenters. The molecule has 0 N–H and O–H groups in total. The number of hydrogen-bond acceptors (Lipinski definition) is 4. The molecule has 0 aromatic heterocycles. The standard InChI is InChI=1S/C29H33N2O3/c1-32-27-18-24-15-17-31(29(23-12-7-4-8-13-23)26(24)19-28(27)33-2)30-16-9-14-25(30)21-34-20-22-10-5-3-6-11-22/h3-8,10-13,18-19,25H,9,14-17,20-21H2,1-2H3/q+1/t25-/m0/s1. The summed E-state index contributed by atoms with van der Waals surface area (Å²) in [6.45, 7) is 3.35. The highest BCUT2D eigenvalue weighted by atomic mass is 16.5. The molecule has 1 atom stereocenters. The zero-order valence-electron chi connectivity index (χ0n) is 20.1. The maximum atomic E-state index is 6.19. The van der Waals surface area contributed by atoms with Crippen LogP contribution in [0.3, 0.4) is 0 Å². The van der Waals surface area contributed by atoms with Crippen molar-refractivity contribution in [1.82, 2.24) is 5.01 Å². The van der Waals surface area contributed by atoms with Crippen molar-refractivity contribution in [3.8, 4) is 11.5 Å². The van der Waals surface area contributed by atoms with E-state index in [1.165, 1.54) is 34.4 Å². The summed E-state index contributed by atoms with van der Waals surface area (Å²) in [5.74, 6) is 1.55. The lowest BCUT2D eigenvalue weighted by Crippen LogP contribution is -2.47. The van der Waals surface area contributed by atoms with Crippen molar-refractivity contribution in [2.45, 2.75) is 31.9 Å². The number of hydrazine groups is 1. The first-order chi connectivity index (χ1) is 16.8. The van der Waals surface area contributed by atoms with E-state index in [1.54, 1.807) is 14.2 Å². The van der Waals surface area contributed by atoms with E-state index in [4.69, 9.17) is 14.2 Å². The second-order valence-corrected chi connectivity index (χ2v) is 8.91. The smallest absolute Gasteiger partial charge is 0.244 e. The van der Waals surface area contributed by atoms with E-state index in [0.29, 0.717) is 12.6 Å². The zero-order valence-corrected chi connectivity index (χ0v) is 20.1. The second-order valence-electron chi connectivity index (χ2n) is 8.91. The third kappa shape index (κ3) is 4.53. The van der Waals surface area contributed by atoms with Crippen LogP contribution in [0.2, 0.25) is 0 Å². The van der Waals surface area contributed by atoms with Crippen LogP contribution in [-0.2, 0) is 17.8 Å². The van der Waals surface area contributed by atoms with Gasteiger partial charge in [-0.05, 0) is 48.2 Å². The first-order valence-electron chi connectivity index (χ1n) is 12.1. The SMILES string of the molecule is COc1cc2c(cc1OC)C(c1ccccc1)=[N+](N1CCC[C@H]1COCc1ccccc1)CC2. The number of rotatable bonds is 8. The fourth-order valence-electron chi connectivity index (χ4n) is 5.18. The van der Waals surface area contributed by atoms with Gasteiger partial charge in [0.15, 0.2) is 18.0 Å². The predicted octanol–water partition coefficient (Wildman–Crippen LogP) is 4.71. The Morgan fingerprint density at radius 2 is 1.62 bits per heavy atom. The van der Waals surface area contributed by atoms with Crippen molar-refractivity contribution in [3.05, 3.63) is 95.1 Å². The van der Waals surface area contributed by atoms with E-state index in [2.05, 4.69) is 76.4 Å². The molecule has 2 aliphatic rings. The number of hydrazone groups is 1. The summed E-state index contributed by atoms with van der Waals surface area (Å²) in [4.78, 5) is 0. The highest BCUT2D eigenvalue weighted by Gasteiger charge is 2.38. The normalized spacial score (nSPS) is 17.6. The topological polar surface area (TPSA) is 33.9 Å². The molecule has 3 aromatic carbocycles. The molecule has 3 aromatic rings. The van der Waals surface area contributed by atoms with Gasteiger partial charge in [0.1, 0.15) is 6.04 Å². The Morgan fingerprint density at radius 1 is 0.912 bits per heavy atom. The van der Waals surface area contributed by atoms with E-state index < -0.39 is 0 Å². The van der Waals surface area contributed by atoms with E-state index in [1.807, 2.05) is 6.07 Å². The lowest BCUT2D eigenvalue weighted by Gasteiger charge is -2.28. The first-order valence-corrected chi connectivity index (χ1v) is 12.1. The van der Waals surface area contributed by atoms with Gasteiger partial charge in [-0.3, -0.25) is 0 Å². The van der Waals surface area contributed by atoms with Crippen molar-refractivity contribution in [2.24, 2.45) is 0 Å². The quantitative estimate of drug-likeness (QED) is 0.459. The van der Waals surface area contributed by atoms with Gasteiger partial charge in [-0.1, -0.05) is 48.5 Å². The Morgan fingerprint density at radius 3 is 2.35 bits per heavy atom. The Balaban J connectivity index is 1.49. The van der Waals surface area contributed by atoms with Crippen molar-refractivity contribution >= 4 is 5.71 Å². The Kier molecular flexibility index (Phi) is 6.82. The van der Waals surface area contributed by atoms with Crippen LogP contribution in [0, 0.1) is 0 Å². The maximum Gasteiger partial charge on any atom is 0.244 e. The van der Waals surface area contributed by atoms with Gasteiger partial charge in [0, 0.05) is 12.0 Å². The summed E-state index contributed by atoms with van der Waals surface area (Å²) in [7, 11) is 3.40. The third-order valence-corrected chi connectivity index (χ3v) is 6.84. The molecule has 2 aliphatic heterocycles. The molecule has 176 valence electrons. The summed E-state index contributed by atoms with van der Waals surface area (Å²) < 4.78 is 19.9. The van der Waals surface area contributed by atoms with Gasteiger partial charge in [0.25, 0.3) is 0 Å². The van der Waals surface area contributed by atoms with Crippen molar-refractivity contribution in [1.29, 1.82) is 0 Å². The van der Waals surface area contributed by atoms with Crippen LogP contribution in [0.15, 0.2) is 72.8 Å². The van der Waals surface area contributed by atoms with Crippen molar-refractivity contribution in [3.63, 3.8) is 0 Å². The average Bonchev–Trinajstić information content (AvgIpc) is 3.36. The molecule has 1 fully saturated rings. The minimum atomic E-state index is 0.365. The average molecular weight is 458 g/mol. The maximum absolute atomic E-state index is 6.19. The molecule has 5 nitrogen and oxygen atoms in total. The molecule has 0 aliphatic carbocycles. The first kappa shape index (κ1) is 22.5. The monoisotopic (exact) mass is 457 g/mol. The summed E-state index contributed by atoms with van der Waals surface area (Å²) in [6, 6.07) is 25.8. The van der Waals surface area contributed by atoms with Gasteiger partial charge >= 0.3 is 0 Å². The predicted molar refractivity (Wildman–Crippen MR) is 134 cm³/mol. The summed E-state index contributed by atoms with van der Waals surface area (Å²) in [5.41, 5.74) is 6.18. The number of hydrogen-bond donors (Lipinski definition) is 0. The molecule has 0 radical (unpaired) electrons. The Bertz CT molecular complexity index is 1140. The highest BCUT2D eigenvalue weighted by Crippen LogP contribution is 2.34. The summed E-state index contributed by atoms with van der Waals surface area (Å²) in [5, 5.41) is 2.53. The van der Waals surface area contributed by atoms with Crippen LogP contribution in [-0.4, -0.2) is 55.4 Å². The fraction of sp³-hybridized carbons (Fsp3) is 0.345. The van der Waals surface area contributed by atoms with E-state index in [-0.39, 0.29) is 0 Å². The highest BCUT2D eigenvalue weighted by molar-refractivity contribution is 6.11. The number of ether oxygens (including phenoxy) is 3. The number of methoxy groups -OCH3 is 2. The van der Waals surface area contributed by atoms with Gasteiger partial charge in [0.2, 0.25) is 5.71 Å². The van der Waals surface area contributed by atoms with Crippen molar-refractivity contribution < 1.29 is 18.9 Å². The van der Waals surface area contributed by atoms with Crippen molar-refractivity contribution in [2.75, 3.05) is 33.9 Å². The minimum Gasteiger partial charge on any atom is -0.493 e. The lowest BCUT2D eigenvalue weighted by atomic mass is 9.92. The van der Waals surface area contributed by atoms with Crippen LogP contribution in [0.1, 0.15) is 35.1 Å². The molecule has 5 rings (SSSR count). The summed E-state index contributed by atoms with van der Waals surface area (Å²) in [6.07, 6.45) is 3.28. The molecular weight excluding hydrogens is 424 g/mol. The van der Waals surface area contributed by atoms with E-state index >= 15 is 0 Å². The van der Waals surface area contributed by atoms with Gasteiger partial charge in [0.05, 0.1) is 39.5 Å². The molecule has 0 bridgehead atoms. The van der Waals surface area contributed by atoms with Gasteiger partial charge in [-0.2, -0.15) is 5.01 Å². The molecule has 0 amide bonds. The third-order valence-electron chi connectivity index (χ3n) is 6.84. The number of fused-ring (bicyclic) bond motifs is 1. The summed E-state index contributed by atoms with van der Waals surface area (Å²) >= 11 is 0. The van der Waals surface area contributed by atoms with Crippen LogP contribution in [0.4, 0.5) is 0 Å². The van der Waals surface area contributed by atoms with Crippen LogP contribution < -0.4 is 9.47 Å². The minimum absolute atomic E-state index is 0.365. The molecule has 1 saturated heterocycles. The molecule has 0 saturated carbocycles. The number of benzene rings is 3. The van der Waals surface area contributed by atoms with Gasteiger partial charge < -0.3 is 14.2 Å². The molecule has 2 heterocycles. The van der Waals surface area contributed by atoms with Crippen LogP contribution in [0.5, 0.6) is 11.5 Å². The molecule has 5 heteroatoms. The van der Waals surface area contributed by atoms with Gasteiger partial charge in [-0.25, -0.2) is 0 Å². The number of nitrogens with zero attached hydrogens (tertiary/aromatic N) is 2. The lowest BCUT2D eigenvalue weighted by molar-refractivity contribution is -0.694. The van der Waals surface area contributed by atoms with Crippen LogP contribution >= 0.6 is 0 Å².